The highest BCUT2D eigenvalue weighted by atomic mass is 32.2. The number of carbonyl (C=O) groups excluding carboxylic acids is 1. The van der Waals surface area contributed by atoms with E-state index in [4.69, 9.17) is 0 Å². The van der Waals surface area contributed by atoms with Crippen LogP contribution in [0, 0.1) is 20.8 Å². The molecule has 8 heteroatoms. The molecule has 0 aliphatic heterocycles. The quantitative estimate of drug-likeness (QED) is 0.352. The van der Waals surface area contributed by atoms with Crippen molar-refractivity contribution in [2.24, 2.45) is 14.1 Å². The number of Topliss-reactive ketones (excluding diaryl/α,β-unsaturated/α-hetero) is 1. The Morgan fingerprint density at radius 3 is 2.19 bits per heavy atom. The zero-order chi connectivity index (χ0) is 23.2. The number of hydrogen-bond acceptors (Lipinski definition) is 6. The van der Waals surface area contributed by atoms with Crippen molar-refractivity contribution in [3.63, 3.8) is 0 Å². The van der Waals surface area contributed by atoms with Crippen LogP contribution in [0.1, 0.15) is 53.6 Å². The number of carbonyl (C=O) groups is 1. The van der Waals surface area contributed by atoms with Gasteiger partial charge in [0.15, 0.2) is 11.4 Å². The molecule has 0 radical (unpaired) electrons. The third-order valence-corrected chi connectivity index (χ3v) is 6.39. The maximum absolute atomic E-state index is 13.0. The van der Waals surface area contributed by atoms with Crippen LogP contribution in [-0.2, 0) is 19.5 Å². The van der Waals surface area contributed by atoms with E-state index in [0.29, 0.717) is 16.4 Å². The first kappa shape index (κ1) is 22.9. The van der Waals surface area contributed by atoms with Crippen LogP contribution in [0.2, 0.25) is 0 Å². The smallest absolute Gasteiger partial charge is 0.293 e. The van der Waals surface area contributed by atoms with Gasteiger partial charge in [0.2, 0.25) is 0 Å². The van der Waals surface area contributed by atoms with Crippen molar-refractivity contribution in [3.8, 4) is 0 Å². The van der Waals surface area contributed by atoms with Crippen LogP contribution in [0.15, 0.2) is 26.7 Å². The van der Waals surface area contributed by atoms with Crippen LogP contribution in [0.4, 0.5) is 0 Å². The van der Waals surface area contributed by atoms with Gasteiger partial charge in [-0.1, -0.05) is 38.6 Å². The molecule has 0 saturated heterocycles. The third-order valence-electron chi connectivity index (χ3n) is 5.42. The van der Waals surface area contributed by atoms with E-state index >= 15 is 0 Å². The molecule has 0 amide bonds. The van der Waals surface area contributed by atoms with Gasteiger partial charge in [-0.25, -0.2) is 14.8 Å². The van der Waals surface area contributed by atoms with Crippen LogP contribution in [-0.4, -0.2) is 30.6 Å². The van der Waals surface area contributed by atoms with Gasteiger partial charge in [0.25, 0.3) is 5.56 Å². The van der Waals surface area contributed by atoms with Gasteiger partial charge in [-0.05, 0) is 43.5 Å². The molecule has 0 aliphatic rings. The molecular weight excluding hydrogens is 412 g/mol. The predicted molar refractivity (Wildman–Crippen MR) is 124 cm³/mol. The fourth-order valence-corrected chi connectivity index (χ4v) is 4.24. The van der Waals surface area contributed by atoms with Crippen molar-refractivity contribution in [2.45, 2.75) is 52.0 Å². The van der Waals surface area contributed by atoms with Crippen LogP contribution >= 0.6 is 11.8 Å². The summed E-state index contributed by atoms with van der Waals surface area (Å²) in [7, 11) is 3.02. The van der Waals surface area contributed by atoms with Gasteiger partial charge < -0.3 is 0 Å². The summed E-state index contributed by atoms with van der Waals surface area (Å²) in [4.78, 5) is 47.5. The third kappa shape index (κ3) is 4.21. The number of aromatic nitrogens is 4. The average Bonchev–Trinajstić information content (AvgIpc) is 2.70. The van der Waals surface area contributed by atoms with Gasteiger partial charge in [0, 0.05) is 25.1 Å². The zero-order valence-electron chi connectivity index (χ0n) is 19.3. The first-order chi connectivity index (χ1) is 14.3. The first-order valence-corrected chi connectivity index (χ1v) is 11.0. The Kier molecular flexibility index (Phi) is 5.97. The average molecular weight is 441 g/mol. The normalized spacial score (nSPS) is 11.9. The summed E-state index contributed by atoms with van der Waals surface area (Å²) in [6.45, 7) is 11.8. The molecule has 0 fully saturated rings. The maximum Gasteiger partial charge on any atom is 0.332 e. The Morgan fingerprint density at radius 2 is 1.58 bits per heavy atom. The lowest BCUT2D eigenvalue weighted by Crippen LogP contribution is -2.38. The van der Waals surface area contributed by atoms with E-state index in [-0.39, 0.29) is 22.6 Å². The van der Waals surface area contributed by atoms with Gasteiger partial charge in [-0.3, -0.25) is 18.7 Å². The highest BCUT2D eigenvalue weighted by Gasteiger charge is 2.24. The molecule has 0 spiro atoms. The monoisotopic (exact) mass is 440 g/mol. The minimum absolute atomic E-state index is 0.0312. The SMILES string of the molecule is Cc1cc(C)c(C(=O)CSc2nc(C(C)(C)C)nc3c2c(=O)n(C)c(=O)n3C)cc1C. The van der Waals surface area contributed by atoms with Crippen molar-refractivity contribution < 1.29 is 4.79 Å². The number of fused-ring (bicyclic) bond motifs is 1. The van der Waals surface area contributed by atoms with Crippen molar-refractivity contribution in [1.82, 2.24) is 19.1 Å². The predicted octanol–water partition coefficient (Wildman–Crippen LogP) is 3.22. The molecule has 164 valence electrons. The molecule has 0 unspecified atom stereocenters. The van der Waals surface area contributed by atoms with Gasteiger partial charge in [-0.2, -0.15) is 0 Å². The molecule has 3 rings (SSSR count). The Hall–Kier alpha value is -2.74. The fourth-order valence-electron chi connectivity index (χ4n) is 3.34. The number of thioether (sulfide) groups is 1. The van der Waals surface area contributed by atoms with Crippen LogP contribution in [0.3, 0.4) is 0 Å². The molecule has 0 aliphatic carbocycles. The molecule has 2 aromatic heterocycles. The van der Waals surface area contributed by atoms with Crippen molar-refractivity contribution in [3.05, 3.63) is 61.0 Å². The molecule has 1 aromatic carbocycles. The number of benzene rings is 1. The van der Waals surface area contributed by atoms with Gasteiger partial charge in [0.1, 0.15) is 16.2 Å². The highest BCUT2D eigenvalue weighted by molar-refractivity contribution is 8.00. The molecular formula is C23H28N4O3S. The van der Waals surface area contributed by atoms with Crippen LogP contribution < -0.4 is 11.2 Å². The molecule has 0 bridgehead atoms. The van der Waals surface area contributed by atoms with E-state index < -0.39 is 16.7 Å². The van der Waals surface area contributed by atoms with Crippen LogP contribution in [0.25, 0.3) is 11.0 Å². The van der Waals surface area contributed by atoms with E-state index in [0.717, 1.165) is 21.3 Å². The Balaban J connectivity index is 2.13. The summed E-state index contributed by atoms with van der Waals surface area (Å²) in [6.07, 6.45) is 0. The van der Waals surface area contributed by atoms with Gasteiger partial charge in [0.05, 0.1) is 5.75 Å². The maximum atomic E-state index is 13.0. The summed E-state index contributed by atoms with van der Waals surface area (Å²) >= 11 is 1.21. The largest absolute Gasteiger partial charge is 0.332 e. The first-order valence-electron chi connectivity index (χ1n) is 10.0. The van der Waals surface area contributed by atoms with Crippen molar-refractivity contribution >= 4 is 28.6 Å². The van der Waals surface area contributed by atoms with Gasteiger partial charge >= 0.3 is 5.69 Å². The highest BCUT2D eigenvalue weighted by Crippen LogP contribution is 2.28. The minimum Gasteiger partial charge on any atom is -0.293 e. The van der Waals surface area contributed by atoms with E-state index in [9.17, 15) is 14.4 Å². The summed E-state index contributed by atoms with van der Waals surface area (Å²) < 4.78 is 2.40. The molecule has 0 N–H and O–H groups in total. The lowest BCUT2D eigenvalue weighted by Gasteiger charge is -2.19. The lowest BCUT2D eigenvalue weighted by atomic mass is 9.96. The lowest BCUT2D eigenvalue weighted by molar-refractivity contribution is 0.102. The van der Waals surface area contributed by atoms with E-state index in [1.807, 2.05) is 53.7 Å². The van der Waals surface area contributed by atoms with Crippen molar-refractivity contribution in [1.29, 1.82) is 0 Å². The number of rotatable bonds is 4. The summed E-state index contributed by atoms with van der Waals surface area (Å²) in [5.41, 5.74) is 2.78. The molecule has 3 aromatic rings. The second-order valence-electron chi connectivity index (χ2n) is 8.97. The number of nitrogens with zero attached hydrogens (tertiary/aromatic N) is 4. The molecule has 0 saturated carbocycles. The van der Waals surface area contributed by atoms with E-state index in [1.165, 1.54) is 23.4 Å². The zero-order valence-corrected chi connectivity index (χ0v) is 20.1. The number of hydrogen-bond donors (Lipinski definition) is 0. The summed E-state index contributed by atoms with van der Waals surface area (Å²) in [5, 5.41) is 0.674. The van der Waals surface area contributed by atoms with Crippen molar-refractivity contribution in [2.75, 3.05) is 5.75 Å². The molecule has 31 heavy (non-hydrogen) atoms. The van der Waals surface area contributed by atoms with Crippen LogP contribution in [0.5, 0.6) is 0 Å². The Morgan fingerprint density at radius 1 is 0.968 bits per heavy atom. The standard InChI is InChI=1S/C23H28N4O3S/c1-12-9-14(3)15(10-13(12)2)16(28)11-31-19-17-18(24-21(25-19)23(4,5)6)26(7)22(30)27(8)20(17)29/h9-10H,11H2,1-8H3. The van der Waals surface area contributed by atoms with E-state index in [1.54, 1.807) is 7.05 Å². The number of aryl methyl sites for hydroxylation is 4. The second-order valence-corrected chi connectivity index (χ2v) is 9.93. The second kappa shape index (κ2) is 8.07. The molecule has 2 heterocycles. The van der Waals surface area contributed by atoms with Gasteiger partial charge in [-0.15, -0.1) is 0 Å². The Labute approximate surface area is 185 Å². The Bertz CT molecular complexity index is 1330. The molecule has 0 atom stereocenters. The summed E-state index contributed by atoms with van der Waals surface area (Å²) in [6, 6.07) is 3.92. The molecule has 7 nitrogen and oxygen atoms in total. The fraction of sp³-hybridized carbons (Fsp3) is 0.435. The topological polar surface area (TPSA) is 86.8 Å². The number of ketones is 1. The van der Waals surface area contributed by atoms with E-state index in [2.05, 4.69) is 9.97 Å². The summed E-state index contributed by atoms with van der Waals surface area (Å²) in [5.74, 6) is 0.613. The minimum atomic E-state index is -0.462.